The summed E-state index contributed by atoms with van der Waals surface area (Å²) in [4.78, 5) is 0. The van der Waals surface area contributed by atoms with E-state index in [9.17, 15) is 0 Å². The van der Waals surface area contributed by atoms with Gasteiger partial charge in [0.25, 0.3) is 0 Å². The Bertz CT molecular complexity index is 289. The van der Waals surface area contributed by atoms with E-state index >= 15 is 0 Å². The van der Waals surface area contributed by atoms with Crippen LogP contribution in [0.4, 0.5) is 0 Å². The minimum absolute atomic E-state index is 0.597. The number of hydrogen-bond donors (Lipinski definition) is 0. The van der Waals surface area contributed by atoms with Gasteiger partial charge in [0.1, 0.15) is 0 Å². The van der Waals surface area contributed by atoms with Crippen LogP contribution < -0.4 is 5.19 Å². The van der Waals surface area contributed by atoms with Gasteiger partial charge in [0.05, 0.1) is 13.4 Å². The van der Waals surface area contributed by atoms with Crippen LogP contribution in [0.2, 0.25) is 13.1 Å². The fourth-order valence-electron chi connectivity index (χ4n) is 1.59. The molecule has 1 aromatic carbocycles. The third-order valence-corrected chi connectivity index (χ3v) is 7.32. The molecule has 0 nitrogen and oxygen atoms in total. The van der Waals surface area contributed by atoms with Crippen molar-refractivity contribution < 1.29 is 0 Å². The maximum atomic E-state index is 2.38. The smallest absolute Gasteiger partial charge is 0.0751 e. The number of hydrogen-bond acceptors (Lipinski definition) is 2. The summed E-state index contributed by atoms with van der Waals surface area (Å²) in [6, 6.07) is 9.34. The average molecular weight is 240 g/mol. The molecule has 1 saturated heterocycles. The second-order valence-corrected chi connectivity index (χ2v) is 9.60. The van der Waals surface area contributed by atoms with E-state index in [2.05, 4.69) is 60.9 Å². The van der Waals surface area contributed by atoms with Crippen molar-refractivity contribution in [1.29, 1.82) is 0 Å². The van der Waals surface area contributed by atoms with Crippen LogP contribution in [0.1, 0.15) is 10.1 Å². The van der Waals surface area contributed by atoms with E-state index in [4.69, 9.17) is 0 Å². The summed E-state index contributed by atoms with van der Waals surface area (Å²) in [7, 11) is -0.597. The van der Waals surface area contributed by atoms with Gasteiger partial charge in [-0.1, -0.05) is 42.5 Å². The number of rotatable bonds is 2. The molecule has 1 fully saturated rings. The molecule has 1 aliphatic rings. The molecule has 2 rings (SSSR count). The molecule has 0 bridgehead atoms. The maximum Gasteiger partial charge on any atom is 0.0751 e. The van der Waals surface area contributed by atoms with Gasteiger partial charge in [-0.05, 0) is 5.56 Å². The van der Waals surface area contributed by atoms with Gasteiger partial charge >= 0.3 is 0 Å². The van der Waals surface area contributed by atoms with Crippen LogP contribution in [-0.2, 0) is 0 Å². The molecule has 1 heterocycles. The SMILES string of the molecule is C[SiH](C)c1ccc(C2SCCS2)cc1. The summed E-state index contributed by atoms with van der Waals surface area (Å²) >= 11 is 4.17. The summed E-state index contributed by atoms with van der Waals surface area (Å²) in [5.74, 6) is 2.63. The van der Waals surface area contributed by atoms with Crippen LogP contribution in [0.5, 0.6) is 0 Å². The molecule has 0 saturated carbocycles. The highest BCUT2D eigenvalue weighted by molar-refractivity contribution is 8.19. The van der Waals surface area contributed by atoms with Crippen molar-refractivity contribution in [2.45, 2.75) is 17.7 Å². The van der Waals surface area contributed by atoms with E-state index in [-0.39, 0.29) is 0 Å². The van der Waals surface area contributed by atoms with Crippen molar-refractivity contribution >= 4 is 37.5 Å². The first-order valence-electron chi connectivity index (χ1n) is 5.10. The molecule has 0 aliphatic carbocycles. The molecule has 1 aliphatic heterocycles. The molecule has 0 N–H and O–H groups in total. The predicted octanol–water partition coefficient (Wildman–Crippen LogP) is 2.86. The highest BCUT2D eigenvalue weighted by Crippen LogP contribution is 2.44. The number of benzene rings is 1. The van der Waals surface area contributed by atoms with Crippen LogP contribution in [-0.4, -0.2) is 20.3 Å². The Morgan fingerprint density at radius 1 is 1.07 bits per heavy atom. The lowest BCUT2D eigenvalue weighted by Gasteiger charge is -2.10. The first kappa shape index (κ1) is 10.6. The Kier molecular flexibility index (Phi) is 3.63. The molecule has 0 unspecified atom stereocenters. The van der Waals surface area contributed by atoms with Crippen LogP contribution in [0.15, 0.2) is 24.3 Å². The minimum atomic E-state index is -0.597. The van der Waals surface area contributed by atoms with Gasteiger partial charge in [-0.2, -0.15) is 0 Å². The molecule has 14 heavy (non-hydrogen) atoms. The van der Waals surface area contributed by atoms with E-state index in [0.29, 0.717) is 4.58 Å². The monoisotopic (exact) mass is 240 g/mol. The quantitative estimate of drug-likeness (QED) is 0.729. The van der Waals surface area contributed by atoms with E-state index in [0.717, 1.165) is 0 Å². The molecule has 76 valence electrons. The Morgan fingerprint density at radius 3 is 2.14 bits per heavy atom. The molecule has 0 aromatic heterocycles. The van der Waals surface area contributed by atoms with Crippen LogP contribution in [0.25, 0.3) is 0 Å². The van der Waals surface area contributed by atoms with Crippen molar-refractivity contribution in [3.63, 3.8) is 0 Å². The lowest BCUT2D eigenvalue weighted by atomic mass is 10.2. The Balaban J connectivity index is 2.12. The topological polar surface area (TPSA) is 0 Å². The number of thioether (sulfide) groups is 2. The van der Waals surface area contributed by atoms with E-state index in [1.165, 1.54) is 17.1 Å². The standard InChI is InChI=1S/C11H16S2Si/c1-14(2)10-5-3-9(4-6-10)11-12-7-8-13-11/h3-6,11,14H,7-8H2,1-2H3. The highest BCUT2D eigenvalue weighted by atomic mass is 32.2. The van der Waals surface area contributed by atoms with Gasteiger partial charge < -0.3 is 0 Å². The van der Waals surface area contributed by atoms with Gasteiger partial charge in [-0.15, -0.1) is 23.5 Å². The zero-order valence-electron chi connectivity index (χ0n) is 8.69. The van der Waals surface area contributed by atoms with Gasteiger partial charge in [0, 0.05) is 11.5 Å². The fraction of sp³-hybridized carbons (Fsp3) is 0.455. The summed E-state index contributed by atoms with van der Waals surface area (Å²) in [6.45, 7) is 4.77. The minimum Gasteiger partial charge on any atom is -0.142 e. The first-order valence-corrected chi connectivity index (χ1v) is 10.1. The van der Waals surface area contributed by atoms with Crippen LogP contribution in [0, 0.1) is 0 Å². The lowest BCUT2D eigenvalue weighted by Crippen LogP contribution is -2.21. The van der Waals surface area contributed by atoms with Crippen molar-refractivity contribution in [3.05, 3.63) is 29.8 Å². The largest absolute Gasteiger partial charge is 0.142 e. The van der Waals surface area contributed by atoms with Crippen LogP contribution in [0.3, 0.4) is 0 Å². The van der Waals surface area contributed by atoms with Crippen molar-refractivity contribution in [1.82, 2.24) is 0 Å². The van der Waals surface area contributed by atoms with Crippen molar-refractivity contribution in [2.24, 2.45) is 0 Å². The third kappa shape index (κ3) is 2.38. The molecule has 0 spiro atoms. The zero-order chi connectivity index (χ0) is 9.97. The summed E-state index contributed by atoms with van der Waals surface area (Å²) in [5.41, 5.74) is 1.51. The predicted molar refractivity (Wildman–Crippen MR) is 72.6 cm³/mol. The molecular weight excluding hydrogens is 224 g/mol. The third-order valence-electron chi connectivity index (χ3n) is 2.50. The summed E-state index contributed by atoms with van der Waals surface area (Å²) in [6.07, 6.45) is 0. The van der Waals surface area contributed by atoms with E-state index < -0.39 is 8.80 Å². The van der Waals surface area contributed by atoms with Crippen molar-refractivity contribution in [2.75, 3.05) is 11.5 Å². The first-order chi connectivity index (χ1) is 6.77. The Morgan fingerprint density at radius 2 is 1.64 bits per heavy atom. The van der Waals surface area contributed by atoms with E-state index in [1.54, 1.807) is 5.19 Å². The normalized spacial score (nSPS) is 17.9. The lowest BCUT2D eigenvalue weighted by molar-refractivity contribution is 1.40. The molecular formula is C11H16S2Si. The van der Waals surface area contributed by atoms with Gasteiger partial charge in [0.2, 0.25) is 0 Å². The molecule has 3 heteroatoms. The van der Waals surface area contributed by atoms with Crippen LogP contribution >= 0.6 is 23.5 Å². The van der Waals surface area contributed by atoms with Gasteiger partial charge in [0.15, 0.2) is 0 Å². The average Bonchev–Trinajstić information content (AvgIpc) is 2.71. The molecule has 0 amide bonds. The highest BCUT2D eigenvalue weighted by Gasteiger charge is 2.17. The molecule has 0 radical (unpaired) electrons. The Hall–Kier alpha value is 0.137. The molecule has 0 atom stereocenters. The maximum absolute atomic E-state index is 2.38. The van der Waals surface area contributed by atoms with Gasteiger partial charge in [-0.25, -0.2) is 0 Å². The zero-order valence-corrected chi connectivity index (χ0v) is 11.5. The van der Waals surface area contributed by atoms with E-state index in [1.807, 2.05) is 0 Å². The Labute approximate surface area is 96.5 Å². The summed E-state index contributed by atoms with van der Waals surface area (Å²) < 4.78 is 0.706. The fourth-order valence-corrected chi connectivity index (χ4v) is 5.41. The second-order valence-electron chi connectivity index (χ2n) is 3.89. The second kappa shape index (κ2) is 4.77. The van der Waals surface area contributed by atoms with Gasteiger partial charge in [-0.3, -0.25) is 0 Å². The van der Waals surface area contributed by atoms with Crippen molar-refractivity contribution in [3.8, 4) is 0 Å². The summed E-state index contributed by atoms with van der Waals surface area (Å²) in [5, 5.41) is 1.58. The molecule has 1 aromatic rings.